The summed E-state index contributed by atoms with van der Waals surface area (Å²) in [5.41, 5.74) is 2.20. The Morgan fingerprint density at radius 3 is 2.17 bits per heavy atom. The van der Waals surface area contributed by atoms with Crippen LogP contribution in [0.4, 0.5) is 16.2 Å². The van der Waals surface area contributed by atoms with E-state index in [2.05, 4.69) is 16.0 Å². The Kier molecular flexibility index (Phi) is 7.24. The van der Waals surface area contributed by atoms with Gasteiger partial charge in [0.2, 0.25) is 5.91 Å². The Morgan fingerprint density at radius 1 is 0.931 bits per heavy atom. The fourth-order valence-electron chi connectivity index (χ4n) is 2.65. The lowest BCUT2D eigenvalue weighted by molar-refractivity contribution is -0.120. The molecule has 0 fully saturated rings. The Morgan fingerprint density at radius 2 is 1.59 bits per heavy atom. The number of urea groups is 1. The van der Waals surface area contributed by atoms with Crippen LogP contribution in [0.3, 0.4) is 0 Å². The van der Waals surface area contributed by atoms with Crippen LogP contribution in [0.5, 0.6) is 5.75 Å². The van der Waals surface area contributed by atoms with Crippen LogP contribution in [0.15, 0.2) is 66.0 Å². The predicted molar refractivity (Wildman–Crippen MR) is 117 cm³/mol. The number of thiophene rings is 1. The molecule has 3 amide bonds. The lowest BCUT2D eigenvalue weighted by Crippen LogP contribution is -2.24. The van der Waals surface area contributed by atoms with E-state index < -0.39 is 0 Å². The highest BCUT2D eigenvalue weighted by Gasteiger charge is 2.06. The van der Waals surface area contributed by atoms with Crippen LogP contribution < -0.4 is 20.7 Å². The average molecular weight is 410 g/mol. The van der Waals surface area contributed by atoms with E-state index in [9.17, 15) is 9.59 Å². The largest absolute Gasteiger partial charge is 0.494 e. The van der Waals surface area contributed by atoms with Gasteiger partial charge in [-0.05, 0) is 60.3 Å². The van der Waals surface area contributed by atoms with Crippen molar-refractivity contribution in [3.8, 4) is 5.75 Å². The van der Waals surface area contributed by atoms with Gasteiger partial charge >= 0.3 is 6.03 Å². The first-order chi connectivity index (χ1) is 14.1. The first kappa shape index (κ1) is 20.4. The number of benzene rings is 2. The zero-order valence-electron chi connectivity index (χ0n) is 16.1. The molecule has 29 heavy (non-hydrogen) atoms. The molecule has 0 aliphatic rings. The summed E-state index contributed by atoms with van der Waals surface area (Å²) >= 11 is 1.61. The molecule has 150 valence electrons. The monoisotopic (exact) mass is 409 g/mol. The highest BCUT2D eigenvalue weighted by Crippen LogP contribution is 2.16. The van der Waals surface area contributed by atoms with E-state index >= 15 is 0 Å². The molecular formula is C22H23N3O3S. The Bertz CT molecular complexity index is 923. The molecule has 3 aromatic rings. The number of rotatable bonds is 8. The third-order valence-corrected chi connectivity index (χ3v) is 4.92. The average Bonchev–Trinajstić information content (AvgIpc) is 3.23. The summed E-state index contributed by atoms with van der Waals surface area (Å²) in [7, 11) is 0. The number of carbonyl (C=O) groups excluding carboxylic acids is 2. The van der Waals surface area contributed by atoms with Crippen molar-refractivity contribution in [1.29, 1.82) is 0 Å². The van der Waals surface area contributed by atoms with Crippen molar-refractivity contribution in [2.75, 3.05) is 17.2 Å². The van der Waals surface area contributed by atoms with Gasteiger partial charge in [0, 0.05) is 16.3 Å². The van der Waals surface area contributed by atoms with Gasteiger partial charge in [-0.1, -0.05) is 18.2 Å². The maximum absolute atomic E-state index is 12.1. The van der Waals surface area contributed by atoms with Gasteiger partial charge < -0.3 is 20.7 Å². The van der Waals surface area contributed by atoms with E-state index in [1.807, 2.05) is 36.6 Å². The summed E-state index contributed by atoms with van der Waals surface area (Å²) in [5.74, 6) is 0.723. The summed E-state index contributed by atoms with van der Waals surface area (Å²) in [5, 5.41) is 10.4. The highest BCUT2D eigenvalue weighted by atomic mass is 32.1. The van der Waals surface area contributed by atoms with E-state index in [0.717, 1.165) is 16.2 Å². The molecule has 0 unspecified atom stereocenters. The fraction of sp³-hybridized carbons (Fsp3) is 0.182. The molecule has 0 saturated heterocycles. The predicted octanol–water partition coefficient (Wildman–Crippen LogP) is 4.65. The molecule has 3 rings (SSSR count). The third kappa shape index (κ3) is 6.65. The van der Waals surface area contributed by atoms with Gasteiger partial charge in [-0.25, -0.2) is 4.79 Å². The summed E-state index contributed by atoms with van der Waals surface area (Å²) < 4.78 is 5.38. The number of hydrogen-bond donors (Lipinski definition) is 3. The third-order valence-electron chi connectivity index (χ3n) is 4.04. The summed E-state index contributed by atoms with van der Waals surface area (Å²) in [6.45, 7) is 3.06. The van der Waals surface area contributed by atoms with Crippen LogP contribution >= 0.6 is 11.3 Å². The molecule has 7 heteroatoms. The van der Waals surface area contributed by atoms with Crippen molar-refractivity contribution in [1.82, 2.24) is 5.32 Å². The van der Waals surface area contributed by atoms with Crippen LogP contribution in [-0.2, 0) is 17.8 Å². The Balaban J connectivity index is 1.45. The van der Waals surface area contributed by atoms with Gasteiger partial charge in [-0.3, -0.25) is 4.79 Å². The number of ether oxygens (including phenoxy) is 1. The molecule has 0 aliphatic heterocycles. The topological polar surface area (TPSA) is 79.5 Å². The minimum Gasteiger partial charge on any atom is -0.494 e. The molecule has 0 saturated carbocycles. The minimum atomic E-state index is -0.337. The molecule has 0 atom stereocenters. The molecule has 1 heterocycles. The zero-order chi connectivity index (χ0) is 20.5. The molecule has 2 aromatic carbocycles. The molecule has 0 bridgehead atoms. The van der Waals surface area contributed by atoms with Gasteiger partial charge in [-0.15, -0.1) is 11.3 Å². The van der Waals surface area contributed by atoms with Crippen molar-refractivity contribution in [2.45, 2.75) is 19.9 Å². The zero-order valence-corrected chi connectivity index (χ0v) is 16.9. The van der Waals surface area contributed by atoms with Crippen LogP contribution in [0.2, 0.25) is 0 Å². The number of carbonyl (C=O) groups is 2. The number of anilines is 2. The molecule has 0 aliphatic carbocycles. The molecular weight excluding hydrogens is 386 g/mol. The Hall–Kier alpha value is -3.32. The van der Waals surface area contributed by atoms with Crippen molar-refractivity contribution in [3.05, 3.63) is 76.5 Å². The SMILES string of the molecule is CCOc1ccc(NC(=O)Nc2ccc(CC(=O)NCc3cccs3)cc2)cc1. The van der Waals surface area contributed by atoms with E-state index in [0.29, 0.717) is 30.9 Å². The van der Waals surface area contributed by atoms with Crippen molar-refractivity contribution in [3.63, 3.8) is 0 Å². The van der Waals surface area contributed by atoms with E-state index in [-0.39, 0.29) is 11.9 Å². The second kappa shape index (κ2) is 10.3. The molecule has 3 N–H and O–H groups in total. The van der Waals surface area contributed by atoms with Crippen molar-refractivity contribution in [2.24, 2.45) is 0 Å². The van der Waals surface area contributed by atoms with Crippen molar-refractivity contribution >= 4 is 34.6 Å². The van der Waals surface area contributed by atoms with Gasteiger partial charge in [0.15, 0.2) is 0 Å². The highest BCUT2D eigenvalue weighted by molar-refractivity contribution is 7.09. The van der Waals surface area contributed by atoms with E-state index in [4.69, 9.17) is 4.74 Å². The molecule has 0 spiro atoms. The van der Waals surface area contributed by atoms with Crippen LogP contribution in [0, 0.1) is 0 Å². The van der Waals surface area contributed by atoms with E-state index in [1.165, 1.54) is 0 Å². The maximum atomic E-state index is 12.1. The standard InChI is InChI=1S/C22H23N3O3S/c1-2-28-19-11-9-18(10-12-19)25-22(27)24-17-7-5-16(6-8-17)14-21(26)23-15-20-4-3-13-29-20/h3-13H,2,14-15H2,1H3,(H,23,26)(H2,24,25,27). The minimum absolute atomic E-state index is 0.0349. The van der Waals surface area contributed by atoms with Gasteiger partial charge in [0.25, 0.3) is 0 Å². The quantitative estimate of drug-likeness (QED) is 0.507. The number of amides is 3. The van der Waals surface area contributed by atoms with Crippen LogP contribution in [-0.4, -0.2) is 18.5 Å². The number of hydrogen-bond acceptors (Lipinski definition) is 4. The fourth-order valence-corrected chi connectivity index (χ4v) is 3.29. The summed E-state index contributed by atoms with van der Waals surface area (Å²) in [6, 6.07) is 18.0. The smallest absolute Gasteiger partial charge is 0.323 e. The molecule has 6 nitrogen and oxygen atoms in total. The van der Waals surface area contributed by atoms with Gasteiger partial charge in [-0.2, -0.15) is 0 Å². The molecule has 1 aromatic heterocycles. The Labute approximate surface area is 173 Å². The van der Waals surface area contributed by atoms with Crippen molar-refractivity contribution < 1.29 is 14.3 Å². The lowest BCUT2D eigenvalue weighted by Gasteiger charge is -2.09. The van der Waals surface area contributed by atoms with E-state index in [1.54, 1.807) is 47.7 Å². The molecule has 0 radical (unpaired) electrons. The van der Waals surface area contributed by atoms with Crippen LogP contribution in [0.25, 0.3) is 0 Å². The van der Waals surface area contributed by atoms with Crippen LogP contribution in [0.1, 0.15) is 17.4 Å². The van der Waals surface area contributed by atoms with Gasteiger partial charge in [0.1, 0.15) is 5.75 Å². The summed E-state index contributed by atoms with van der Waals surface area (Å²) in [6.07, 6.45) is 0.296. The maximum Gasteiger partial charge on any atom is 0.323 e. The first-order valence-corrected chi connectivity index (χ1v) is 10.2. The summed E-state index contributed by atoms with van der Waals surface area (Å²) in [4.78, 5) is 25.3. The second-order valence-corrected chi connectivity index (χ2v) is 7.30. The lowest BCUT2D eigenvalue weighted by atomic mass is 10.1. The normalized spacial score (nSPS) is 10.2. The number of nitrogens with one attached hydrogen (secondary N) is 3. The first-order valence-electron chi connectivity index (χ1n) is 9.31. The second-order valence-electron chi connectivity index (χ2n) is 6.27. The van der Waals surface area contributed by atoms with Gasteiger partial charge in [0.05, 0.1) is 19.6 Å².